The van der Waals surface area contributed by atoms with Crippen LogP contribution in [0.15, 0.2) is 14.9 Å². The first kappa shape index (κ1) is 19.2. The highest BCUT2D eigenvalue weighted by Gasteiger charge is 2.33. The van der Waals surface area contributed by atoms with Gasteiger partial charge < -0.3 is 15.2 Å². The molecule has 0 fully saturated rings. The summed E-state index contributed by atoms with van der Waals surface area (Å²) >= 11 is 0.945. The van der Waals surface area contributed by atoms with Crippen LogP contribution in [-0.2, 0) is 19.1 Å². The van der Waals surface area contributed by atoms with Gasteiger partial charge in [-0.2, -0.15) is 18.2 Å². The highest BCUT2D eigenvalue weighted by Crippen LogP contribution is 2.29. The molecule has 0 radical (unpaired) electrons. The van der Waals surface area contributed by atoms with E-state index in [-0.39, 0.29) is 12.5 Å². The van der Waals surface area contributed by atoms with E-state index in [1.54, 1.807) is 7.05 Å². The lowest BCUT2D eigenvalue weighted by Gasteiger charge is -2.09. The third-order valence-electron chi connectivity index (χ3n) is 3.10. The number of aliphatic imine (C=N–C) groups is 1. The lowest BCUT2D eigenvalue weighted by atomic mass is 10.2. The fourth-order valence-electron chi connectivity index (χ4n) is 1.79. The summed E-state index contributed by atoms with van der Waals surface area (Å²) in [5.41, 5.74) is -0.880. The summed E-state index contributed by atoms with van der Waals surface area (Å²) in [6, 6.07) is 0. The fourth-order valence-corrected chi connectivity index (χ4v) is 2.53. The summed E-state index contributed by atoms with van der Waals surface area (Å²) in [4.78, 5) is 11.8. The number of halogens is 3. The fraction of sp³-hybridized carbons (Fsp3) is 0.571. The van der Waals surface area contributed by atoms with Gasteiger partial charge in [-0.15, -0.1) is 11.3 Å². The van der Waals surface area contributed by atoms with Crippen LogP contribution in [-0.4, -0.2) is 34.7 Å². The van der Waals surface area contributed by atoms with Gasteiger partial charge in [-0.05, 0) is 0 Å². The Morgan fingerprint density at radius 1 is 1.32 bits per heavy atom. The maximum atomic E-state index is 12.5. The molecule has 0 aliphatic heterocycles. The molecule has 2 aromatic rings. The van der Waals surface area contributed by atoms with E-state index in [0.717, 1.165) is 16.7 Å². The smallest absolute Gasteiger partial charge is 0.356 e. The second kappa shape index (κ2) is 8.28. The molecule has 0 atom stereocenters. The highest BCUT2D eigenvalue weighted by molar-refractivity contribution is 7.09. The first-order chi connectivity index (χ1) is 11.8. The second-order valence-corrected chi connectivity index (χ2v) is 6.37. The Labute approximate surface area is 146 Å². The molecule has 25 heavy (non-hydrogen) atoms. The van der Waals surface area contributed by atoms with Crippen molar-refractivity contribution in [3.05, 3.63) is 27.8 Å². The van der Waals surface area contributed by atoms with Crippen molar-refractivity contribution >= 4 is 17.3 Å². The molecule has 0 aliphatic rings. The molecule has 7 nitrogen and oxygen atoms in total. The van der Waals surface area contributed by atoms with Gasteiger partial charge in [-0.25, -0.2) is 4.98 Å². The molecule has 0 aromatic carbocycles. The lowest BCUT2D eigenvalue weighted by molar-refractivity contribution is -0.140. The molecule has 0 aliphatic carbocycles. The van der Waals surface area contributed by atoms with Crippen LogP contribution >= 0.6 is 11.3 Å². The maximum Gasteiger partial charge on any atom is 0.434 e. The molecular weight excluding hydrogens is 357 g/mol. The normalized spacial score (nSPS) is 12.7. The number of rotatable bonds is 6. The van der Waals surface area contributed by atoms with Crippen molar-refractivity contribution in [1.29, 1.82) is 0 Å². The number of hydrogen-bond donors (Lipinski definition) is 2. The number of alkyl halides is 3. The Kier molecular flexibility index (Phi) is 6.34. The van der Waals surface area contributed by atoms with E-state index < -0.39 is 11.9 Å². The van der Waals surface area contributed by atoms with Crippen LogP contribution < -0.4 is 10.6 Å². The molecule has 138 valence electrons. The van der Waals surface area contributed by atoms with Crippen LogP contribution in [0.25, 0.3) is 0 Å². The highest BCUT2D eigenvalue weighted by atomic mass is 32.1. The van der Waals surface area contributed by atoms with Crippen molar-refractivity contribution < 1.29 is 17.7 Å². The van der Waals surface area contributed by atoms with Crippen molar-refractivity contribution in [2.75, 3.05) is 13.6 Å². The summed E-state index contributed by atoms with van der Waals surface area (Å²) in [5.74, 6) is 1.82. The Morgan fingerprint density at radius 2 is 2.08 bits per heavy atom. The van der Waals surface area contributed by atoms with Crippen LogP contribution in [0, 0.1) is 0 Å². The van der Waals surface area contributed by atoms with Gasteiger partial charge in [0.2, 0.25) is 5.89 Å². The van der Waals surface area contributed by atoms with Crippen LogP contribution in [0.5, 0.6) is 0 Å². The Morgan fingerprint density at radius 3 is 2.64 bits per heavy atom. The third kappa shape index (κ3) is 5.69. The summed E-state index contributed by atoms with van der Waals surface area (Å²) in [7, 11) is 1.57. The standard InChI is InChI=1S/C14H19F3N6OS/c1-8(2)12-22-10(24-23-12)4-5-19-13(18-3)20-6-11-21-9(7-25-11)14(15,16)17/h7-8H,4-6H2,1-3H3,(H2,18,19,20). The number of guanidine groups is 1. The summed E-state index contributed by atoms with van der Waals surface area (Å²) < 4.78 is 42.7. The van der Waals surface area contributed by atoms with Crippen LogP contribution in [0.4, 0.5) is 13.2 Å². The van der Waals surface area contributed by atoms with Gasteiger partial charge in [-0.3, -0.25) is 4.99 Å². The minimum atomic E-state index is -4.42. The van der Waals surface area contributed by atoms with Crippen LogP contribution in [0.2, 0.25) is 0 Å². The monoisotopic (exact) mass is 376 g/mol. The van der Waals surface area contributed by atoms with Gasteiger partial charge in [0, 0.05) is 31.3 Å². The quantitative estimate of drug-likeness (QED) is 0.595. The van der Waals surface area contributed by atoms with Crippen molar-refractivity contribution in [3.8, 4) is 0 Å². The summed E-state index contributed by atoms with van der Waals surface area (Å²) in [5, 5.41) is 11.1. The largest absolute Gasteiger partial charge is 0.434 e. The van der Waals surface area contributed by atoms with E-state index in [1.165, 1.54) is 0 Å². The lowest BCUT2D eigenvalue weighted by Crippen LogP contribution is -2.37. The number of nitrogens with one attached hydrogen (secondary N) is 2. The van der Waals surface area contributed by atoms with Gasteiger partial charge in [-0.1, -0.05) is 19.0 Å². The molecule has 0 saturated heterocycles. The van der Waals surface area contributed by atoms with Gasteiger partial charge >= 0.3 is 6.18 Å². The van der Waals surface area contributed by atoms with Gasteiger partial charge in [0.15, 0.2) is 17.5 Å². The van der Waals surface area contributed by atoms with Crippen LogP contribution in [0.3, 0.4) is 0 Å². The third-order valence-corrected chi connectivity index (χ3v) is 3.95. The predicted octanol–water partition coefficient (Wildman–Crippen LogP) is 2.58. The molecule has 0 amide bonds. The SMILES string of the molecule is CN=C(NCCc1nc(C(C)C)no1)NCc1nc(C(F)(F)F)cs1. The second-order valence-electron chi connectivity index (χ2n) is 5.43. The van der Waals surface area contributed by atoms with E-state index >= 15 is 0 Å². The molecule has 11 heteroatoms. The molecule has 0 unspecified atom stereocenters. The topological polar surface area (TPSA) is 88.2 Å². The van der Waals surface area contributed by atoms with E-state index in [2.05, 4.69) is 30.8 Å². The minimum Gasteiger partial charge on any atom is -0.356 e. The van der Waals surface area contributed by atoms with Crippen LogP contribution in [0.1, 0.15) is 42.2 Å². The number of hydrogen-bond acceptors (Lipinski definition) is 6. The molecule has 2 aromatic heterocycles. The first-order valence-electron chi connectivity index (χ1n) is 7.58. The summed E-state index contributed by atoms with van der Waals surface area (Å²) in [6.07, 6.45) is -3.91. The van der Waals surface area contributed by atoms with E-state index in [0.29, 0.717) is 35.6 Å². The maximum absolute atomic E-state index is 12.5. The van der Waals surface area contributed by atoms with E-state index in [4.69, 9.17) is 4.52 Å². The van der Waals surface area contributed by atoms with Crippen molar-refractivity contribution in [2.45, 2.75) is 38.9 Å². The van der Waals surface area contributed by atoms with E-state index in [1.807, 2.05) is 13.8 Å². The molecule has 2 heterocycles. The Balaban J connectivity index is 1.77. The zero-order chi connectivity index (χ0) is 18.4. The summed E-state index contributed by atoms with van der Waals surface area (Å²) in [6.45, 7) is 4.59. The zero-order valence-electron chi connectivity index (χ0n) is 14.0. The number of thiazole rings is 1. The zero-order valence-corrected chi connectivity index (χ0v) is 14.8. The predicted molar refractivity (Wildman–Crippen MR) is 87.4 cm³/mol. The average Bonchev–Trinajstić information content (AvgIpc) is 3.19. The Bertz CT molecular complexity index is 709. The number of nitrogens with zero attached hydrogens (tertiary/aromatic N) is 4. The molecule has 0 spiro atoms. The molecule has 2 rings (SSSR count). The molecule has 0 bridgehead atoms. The van der Waals surface area contributed by atoms with Gasteiger partial charge in [0.1, 0.15) is 5.01 Å². The van der Waals surface area contributed by atoms with E-state index in [9.17, 15) is 13.2 Å². The molecule has 2 N–H and O–H groups in total. The minimum absolute atomic E-state index is 0.151. The van der Waals surface area contributed by atoms with Gasteiger partial charge in [0.05, 0.1) is 6.54 Å². The van der Waals surface area contributed by atoms with Crippen molar-refractivity contribution in [2.24, 2.45) is 4.99 Å². The first-order valence-corrected chi connectivity index (χ1v) is 8.46. The molecular formula is C14H19F3N6OS. The average molecular weight is 376 g/mol. The van der Waals surface area contributed by atoms with Gasteiger partial charge in [0.25, 0.3) is 0 Å². The number of aromatic nitrogens is 3. The van der Waals surface area contributed by atoms with Crippen molar-refractivity contribution in [3.63, 3.8) is 0 Å². The van der Waals surface area contributed by atoms with Crippen molar-refractivity contribution in [1.82, 2.24) is 25.8 Å². The Hall–Kier alpha value is -2.17. The molecule has 0 saturated carbocycles.